The Balaban J connectivity index is 2.85. The summed E-state index contributed by atoms with van der Waals surface area (Å²) in [5.41, 5.74) is 4.71. The van der Waals surface area contributed by atoms with Crippen molar-refractivity contribution in [3.05, 3.63) is 53.3 Å². The van der Waals surface area contributed by atoms with Crippen LogP contribution in [0.15, 0.2) is 36.5 Å². The molecule has 0 aliphatic heterocycles. The molecule has 1 heterocycles. The molecule has 0 spiro atoms. The summed E-state index contributed by atoms with van der Waals surface area (Å²) in [6.07, 6.45) is -3.19. The van der Waals surface area contributed by atoms with Gasteiger partial charge in [0.1, 0.15) is 0 Å². The Hall–Kier alpha value is -2.37. The summed E-state index contributed by atoms with van der Waals surface area (Å²) >= 11 is 0. The van der Waals surface area contributed by atoms with Crippen molar-refractivity contribution < 1.29 is 18.0 Å². The Morgan fingerprint density at radius 3 is 2.48 bits per heavy atom. The van der Waals surface area contributed by atoms with Crippen molar-refractivity contribution in [2.45, 2.75) is 19.5 Å². The van der Waals surface area contributed by atoms with Crippen LogP contribution >= 0.6 is 0 Å². The fourth-order valence-corrected chi connectivity index (χ4v) is 2.23. The smallest absolute Gasteiger partial charge is 0.366 e. The molecule has 3 nitrogen and oxygen atoms in total. The Bertz CT molecular complexity index is 681. The van der Waals surface area contributed by atoms with Crippen LogP contribution in [0.5, 0.6) is 0 Å². The summed E-state index contributed by atoms with van der Waals surface area (Å²) < 4.78 is 39.6. The number of alkyl halides is 3. The van der Waals surface area contributed by atoms with Gasteiger partial charge in [-0.05, 0) is 23.6 Å². The molecule has 1 aromatic carbocycles. The molecule has 110 valence electrons. The van der Waals surface area contributed by atoms with E-state index in [0.29, 0.717) is 17.5 Å². The zero-order valence-electron chi connectivity index (χ0n) is 11.2. The number of aromatic nitrogens is 1. The number of primary amides is 1. The Labute approximate surface area is 119 Å². The van der Waals surface area contributed by atoms with Gasteiger partial charge >= 0.3 is 6.18 Å². The van der Waals surface area contributed by atoms with Crippen LogP contribution in [0.25, 0.3) is 11.1 Å². The van der Waals surface area contributed by atoms with Gasteiger partial charge in [-0.3, -0.25) is 9.78 Å². The van der Waals surface area contributed by atoms with E-state index in [1.165, 1.54) is 12.1 Å². The highest BCUT2D eigenvalue weighted by Gasteiger charge is 2.37. The minimum absolute atomic E-state index is 0.182. The summed E-state index contributed by atoms with van der Waals surface area (Å²) in [6, 6.07) is 7.81. The van der Waals surface area contributed by atoms with Crippen LogP contribution in [0.2, 0.25) is 0 Å². The Morgan fingerprint density at radius 2 is 1.90 bits per heavy atom. The van der Waals surface area contributed by atoms with Crippen LogP contribution in [-0.2, 0) is 12.6 Å². The van der Waals surface area contributed by atoms with Crippen molar-refractivity contribution in [1.29, 1.82) is 0 Å². The molecule has 0 saturated carbocycles. The molecular weight excluding hydrogens is 281 g/mol. The molecule has 6 heteroatoms. The summed E-state index contributed by atoms with van der Waals surface area (Å²) in [4.78, 5) is 14.9. The topological polar surface area (TPSA) is 56.0 Å². The van der Waals surface area contributed by atoms with Crippen LogP contribution in [0.3, 0.4) is 0 Å². The molecule has 1 amide bonds. The second-order valence-corrected chi connectivity index (χ2v) is 4.45. The zero-order valence-corrected chi connectivity index (χ0v) is 11.2. The number of hydrogen-bond acceptors (Lipinski definition) is 2. The van der Waals surface area contributed by atoms with Gasteiger partial charge in [0.05, 0.1) is 5.56 Å². The molecule has 0 saturated heterocycles. The van der Waals surface area contributed by atoms with E-state index in [1.54, 1.807) is 18.2 Å². The lowest BCUT2D eigenvalue weighted by Crippen LogP contribution is -2.18. The molecule has 0 fully saturated rings. The molecular formula is C15H13F3N2O. The number of benzene rings is 1. The Kier molecular flexibility index (Phi) is 3.97. The average Bonchev–Trinajstić information content (AvgIpc) is 2.45. The highest BCUT2D eigenvalue weighted by atomic mass is 19.4. The van der Waals surface area contributed by atoms with Crippen molar-refractivity contribution in [3.63, 3.8) is 0 Å². The zero-order chi connectivity index (χ0) is 15.6. The first-order valence-electron chi connectivity index (χ1n) is 6.30. The monoisotopic (exact) mass is 294 g/mol. The lowest BCUT2D eigenvalue weighted by molar-refractivity contribution is -0.140. The number of pyridine rings is 1. The van der Waals surface area contributed by atoms with Gasteiger partial charge < -0.3 is 5.73 Å². The molecule has 0 bridgehead atoms. The molecule has 2 N–H and O–H groups in total. The molecule has 0 atom stereocenters. The minimum Gasteiger partial charge on any atom is -0.366 e. The maximum absolute atomic E-state index is 13.2. The molecule has 0 aliphatic rings. The van der Waals surface area contributed by atoms with E-state index in [-0.39, 0.29) is 11.1 Å². The summed E-state index contributed by atoms with van der Waals surface area (Å²) in [5, 5.41) is 0. The van der Waals surface area contributed by atoms with Gasteiger partial charge in [0.15, 0.2) is 5.69 Å². The summed E-state index contributed by atoms with van der Waals surface area (Å²) in [6.45, 7) is 1.83. The second kappa shape index (κ2) is 5.55. The van der Waals surface area contributed by atoms with Crippen LogP contribution in [0.4, 0.5) is 13.2 Å². The third-order valence-electron chi connectivity index (χ3n) is 3.15. The van der Waals surface area contributed by atoms with Crippen molar-refractivity contribution in [3.8, 4) is 11.1 Å². The maximum atomic E-state index is 13.2. The highest BCUT2D eigenvalue weighted by molar-refractivity contribution is 6.00. The predicted molar refractivity (Wildman–Crippen MR) is 72.6 cm³/mol. The number of carbonyl (C=O) groups is 1. The van der Waals surface area contributed by atoms with Crippen LogP contribution in [0, 0.1) is 0 Å². The van der Waals surface area contributed by atoms with Gasteiger partial charge in [-0.15, -0.1) is 0 Å². The van der Waals surface area contributed by atoms with Crippen molar-refractivity contribution >= 4 is 5.91 Å². The Morgan fingerprint density at radius 1 is 1.24 bits per heavy atom. The summed E-state index contributed by atoms with van der Waals surface area (Å²) in [5.74, 6) is -0.913. The van der Waals surface area contributed by atoms with E-state index in [4.69, 9.17) is 5.73 Å². The first-order chi connectivity index (χ1) is 9.86. The third-order valence-corrected chi connectivity index (χ3v) is 3.15. The number of nitrogens with two attached hydrogens (primary N) is 1. The molecule has 0 aliphatic carbocycles. The van der Waals surface area contributed by atoms with E-state index in [1.807, 2.05) is 6.92 Å². The van der Waals surface area contributed by atoms with Gasteiger partial charge in [0, 0.05) is 11.8 Å². The standard InChI is InChI=1S/C15H13F3N2O/c1-2-9-5-3-4-6-10(9)12-11(14(19)21)7-8-20-13(12)15(16,17)18/h3-8H,2H2,1H3,(H2,19,21). The highest BCUT2D eigenvalue weighted by Crippen LogP contribution is 2.38. The van der Waals surface area contributed by atoms with Gasteiger partial charge in [-0.2, -0.15) is 13.2 Å². The lowest BCUT2D eigenvalue weighted by atomic mass is 9.92. The van der Waals surface area contributed by atoms with E-state index in [9.17, 15) is 18.0 Å². The third kappa shape index (κ3) is 2.89. The first kappa shape index (κ1) is 15.0. The number of aryl methyl sites for hydroxylation is 1. The molecule has 0 unspecified atom stereocenters. The first-order valence-corrected chi connectivity index (χ1v) is 6.30. The average molecular weight is 294 g/mol. The fraction of sp³-hybridized carbons (Fsp3) is 0.200. The van der Waals surface area contributed by atoms with E-state index >= 15 is 0 Å². The number of nitrogens with zero attached hydrogens (tertiary/aromatic N) is 1. The van der Waals surface area contributed by atoms with Gasteiger partial charge in [-0.25, -0.2) is 0 Å². The van der Waals surface area contributed by atoms with Crippen LogP contribution in [-0.4, -0.2) is 10.9 Å². The quantitative estimate of drug-likeness (QED) is 0.943. The normalized spacial score (nSPS) is 11.4. The second-order valence-electron chi connectivity index (χ2n) is 4.45. The SMILES string of the molecule is CCc1ccccc1-c1c(C(N)=O)ccnc1C(F)(F)F. The number of hydrogen-bond donors (Lipinski definition) is 1. The maximum Gasteiger partial charge on any atom is 0.433 e. The number of carbonyl (C=O) groups excluding carboxylic acids is 1. The lowest BCUT2D eigenvalue weighted by Gasteiger charge is -2.16. The fourth-order valence-electron chi connectivity index (χ4n) is 2.23. The van der Waals surface area contributed by atoms with Gasteiger partial charge in [0.25, 0.3) is 0 Å². The van der Waals surface area contributed by atoms with Crippen molar-refractivity contribution in [2.75, 3.05) is 0 Å². The predicted octanol–water partition coefficient (Wildman–Crippen LogP) is 3.43. The van der Waals surface area contributed by atoms with E-state index in [2.05, 4.69) is 4.98 Å². The van der Waals surface area contributed by atoms with Gasteiger partial charge in [0.2, 0.25) is 5.91 Å². The van der Waals surface area contributed by atoms with E-state index < -0.39 is 17.8 Å². The van der Waals surface area contributed by atoms with Crippen LogP contribution in [0.1, 0.15) is 28.5 Å². The molecule has 21 heavy (non-hydrogen) atoms. The number of halogens is 3. The van der Waals surface area contributed by atoms with E-state index in [0.717, 1.165) is 6.20 Å². The number of amides is 1. The largest absolute Gasteiger partial charge is 0.433 e. The number of rotatable bonds is 3. The molecule has 2 rings (SSSR count). The molecule has 1 aromatic heterocycles. The van der Waals surface area contributed by atoms with Crippen molar-refractivity contribution in [1.82, 2.24) is 4.98 Å². The van der Waals surface area contributed by atoms with Gasteiger partial charge in [-0.1, -0.05) is 31.2 Å². The minimum atomic E-state index is -4.67. The van der Waals surface area contributed by atoms with Crippen LogP contribution < -0.4 is 5.73 Å². The summed E-state index contributed by atoms with van der Waals surface area (Å²) in [7, 11) is 0. The van der Waals surface area contributed by atoms with Crippen molar-refractivity contribution in [2.24, 2.45) is 5.73 Å². The molecule has 2 aromatic rings. The molecule has 0 radical (unpaired) electrons.